The molecule has 1 aromatic heterocycles. The second kappa shape index (κ2) is 4.41. The summed E-state index contributed by atoms with van der Waals surface area (Å²) in [7, 11) is 0. The maximum absolute atomic E-state index is 5.65. The fourth-order valence-electron chi connectivity index (χ4n) is 1.79. The summed E-state index contributed by atoms with van der Waals surface area (Å²) in [5.41, 5.74) is 8.06. The zero-order valence-electron chi connectivity index (χ0n) is 8.98. The number of aromatic nitrogens is 1. The molecule has 0 bridgehead atoms. The van der Waals surface area contributed by atoms with Gasteiger partial charge in [-0.1, -0.05) is 25.1 Å². The lowest BCUT2D eigenvalue weighted by Gasteiger charge is -2.10. The van der Waals surface area contributed by atoms with E-state index in [2.05, 4.69) is 30.1 Å². The second-order valence-corrected chi connectivity index (χ2v) is 4.03. The number of nitrogens with two attached hydrogens (primary N) is 1. The SMILES string of the molecule is CC(CN)Cc1ccnc2ccccc12. The molecule has 2 nitrogen and oxygen atoms in total. The van der Waals surface area contributed by atoms with Crippen LogP contribution >= 0.6 is 0 Å². The highest BCUT2D eigenvalue weighted by Gasteiger charge is 2.05. The van der Waals surface area contributed by atoms with Gasteiger partial charge in [0.05, 0.1) is 5.52 Å². The summed E-state index contributed by atoms with van der Waals surface area (Å²) in [6.07, 6.45) is 2.90. The van der Waals surface area contributed by atoms with Gasteiger partial charge in [-0.2, -0.15) is 0 Å². The van der Waals surface area contributed by atoms with E-state index < -0.39 is 0 Å². The van der Waals surface area contributed by atoms with Gasteiger partial charge in [0, 0.05) is 11.6 Å². The van der Waals surface area contributed by atoms with Gasteiger partial charge in [0.1, 0.15) is 0 Å². The molecule has 1 heterocycles. The van der Waals surface area contributed by atoms with Gasteiger partial charge in [-0.3, -0.25) is 4.98 Å². The first-order valence-corrected chi connectivity index (χ1v) is 5.34. The summed E-state index contributed by atoms with van der Waals surface area (Å²) in [6, 6.07) is 10.3. The summed E-state index contributed by atoms with van der Waals surface area (Å²) in [4.78, 5) is 4.34. The molecule has 0 saturated carbocycles. The van der Waals surface area contributed by atoms with Crippen LogP contribution in [0.1, 0.15) is 12.5 Å². The first-order chi connectivity index (χ1) is 7.31. The third kappa shape index (κ3) is 2.16. The Morgan fingerprint density at radius 3 is 2.87 bits per heavy atom. The molecule has 0 spiro atoms. The topological polar surface area (TPSA) is 38.9 Å². The zero-order chi connectivity index (χ0) is 10.7. The Hall–Kier alpha value is -1.41. The Morgan fingerprint density at radius 2 is 2.07 bits per heavy atom. The third-order valence-corrected chi connectivity index (χ3v) is 2.71. The number of pyridine rings is 1. The van der Waals surface area contributed by atoms with E-state index in [9.17, 15) is 0 Å². The van der Waals surface area contributed by atoms with Gasteiger partial charge in [-0.05, 0) is 36.6 Å². The van der Waals surface area contributed by atoms with Gasteiger partial charge >= 0.3 is 0 Å². The zero-order valence-corrected chi connectivity index (χ0v) is 8.98. The van der Waals surface area contributed by atoms with Crippen LogP contribution in [-0.2, 0) is 6.42 Å². The molecule has 0 amide bonds. The van der Waals surface area contributed by atoms with Crippen molar-refractivity contribution < 1.29 is 0 Å². The summed E-state index contributed by atoms with van der Waals surface area (Å²) >= 11 is 0. The van der Waals surface area contributed by atoms with E-state index in [1.54, 1.807) is 0 Å². The largest absolute Gasteiger partial charge is 0.330 e. The first kappa shape index (κ1) is 10.1. The predicted molar refractivity (Wildman–Crippen MR) is 63.7 cm³/mol. The number of rotatable bonds is 3. The van der Waals surface area contributed by atoms with Crippen molar-refractivity contribution in [2.45, 2.75) is 13.3 Å². The van der Waals surface area contributed by atoms with Crippen LogP contribution in [0.15, 0.2) is 36.5 Å². The van der Waals surface area contributed by atoms with E-state index in [4.69, 9.17) is 5.73 Å². The number of benzene rings is 1. The lowest BCUT2D eigenvalue weighted by molar-refractivity contribution is 0.595. The van der Waals surface area contributed by atoms with Crippen molar-refractivity contribution in [3.8, 4) is 0 Å². The Morgan fingerprint density at radius 1 is 1.27 bits per heavy atom. The average Bonchev–Trinajstić information content (AvgIpc) is 2.29. The van der Waals surface area contributed by atoms with Crippen LogP contribution in [-0.4, -0.2) is 11.5 Å². The van der Waals surface area contributed by atoms with Crippen LogP contribution in [0.4, 0.5) is 0 Å². The van der Waals surface area contributed by atoms with Crippen molar-refractivity contribution in [1.82, 2.24) is 4.98 Å². The molecule has 0 radical (unpaired) electrons. The van der Waals surface area contributed by atoms with Gasteiger partial charge in [0.25, 0.3) is 0 Å². The number of fused-ring (bicyclic) bond motifs is 1. The van der Waals surface area contributed by atoms with Crippen LogP contribution in [0, 0.1) is 5.92 Å². The molecule has 78 valence electrons. The van der Waals surface area contributed by atoms with Gasteiger partial charge in [-0.15, -0.1) is 0 Å². The molecular formula is C13H16N2. The Bertz CT molecular complexity index is 446. The molecule has 2 heteroatoms. The standard InChI is InChI=1S/C13H16N2/c1-10(9-14)8-11-6-7-15-13-5-3-2-4-12(11)13/h2-7,10H,8-9,14H2,1H3. The minimum absolute atomic E-state index is 0.524. The summed E-state index contributed by atoms with van der Waals surface area (Å²) in [5, 5.41) is 1.25. The molecule has 1 aromatic carbocycles. The molecule has 0 aliphatic carbocycles. The second-order valence-electron chi connectivity index (χ2n) is 4.03. The molecule has 2 aromatic rings. The minimum Gasteiger partial charge on any atom is -0.330 e. The Labute approximate surface area is 90.1 Å². The maximum Gasteiger partial charge on any atom is 0.0704 e. The number of hydrogen-bond acceptors (Lipinski definition) is 2. The van der Waals surface area contributed by atoms with E-state index >= 15 is 0 Å². The molecule has 1 atom stereocenters. The van der Waals surface area contributed by atoms with Gasteiger partial charge < -0.3 is 5.73 Å². The van der Waals surface area contributed by atoms with Crippen molar-refractivity contribution in [3.05, 3.63) is 42.1 Å². The molecule has 2 N–H and O–H groups in total. The maximum atomic E-state index is 5.65. The molecule has 1 unspecified atom stereocenters. The van der Waals surface area contributed by atoms with E-state index in [-0.39, 0.29) is 0 Å². The third-order valence-electron chi connectivity index (χ3n) is 2.71. The van der Waals surface area contributed by atoms with Gasteiger partial charge in [0.15, 0.2) is 0 Å². The van der Waals surface area contributed by atoms with E-state index in [0.29, 0.717) is 5.92 Å². The highest BCUT2D eigenvalue weighted by Crippen LogP contribution is 2.18. The molecule has 0 saturated heterocycles. The van der Waals surface area contributed by atoms with E-state index in [0.717, 1.165) is 18.5 Å². The summed E-state index contributed by atoms with van der Waals surface area (Å²) in [6.45, 7) is 2.91. The average molecular weight is 200 g/mol. The van der Waals surface area contributed by atoms with Crippen LogP contribution in [0.3, 0.4) is 0 Å². The number of para-hydroxylation sites is 1. The molecule has 0 aliphatic rings. The highest BCUT2D eigenvalue weighted by atomic mass is 14.6. The van der Waals surface area contributed by atoms with Crippen molar-refractivity contribution in [2.75, 3.05) is 6.54 Å². The molecule has 2 rings (SSSR count). The minimum atomic E-state index is 0.524. The van der Waals surface area contributed by atoms with Gasteiger partial charge in [0.2, 0.25) is 0 Å². The normalized spacial score (nSPS) is 12.9. The monoisotopic (exact) mass is 200 g/mol. The predicted octanol–water partition coefficient (Wildman–Crippen LogP) is 2.37. The van der Waals surface area contributed by atoms with E-state index in [1.165, 1.54) is 10.9 Å². The van der Waals surface area contributed by atoms with Crippen LogP contribution < -0.4 is 5.73 Å². The van der Waals surface area contributed by atoms with Crippen LogP contribution in [0.2, 0.25) is 0 Å². The first-order valence-electron chi connectivity index (χ1n) is 5.34. The Balaban J connectivity index is 2.42. The Kier molecular flexibility index (Phi) is 2.97. The van der Waals surface area contributed by atoms with Crippen molar-refractivity contribution in [1.29, 1.82) is 0 Å². The lowest BCUT2D eigenvalue weighted by Crippen LogP contribution is -2.13. The smallest absolute Gasteiger partial charge is 0.0704 e. The molecule has 15 heavy (non-hydrogen) atoms. The number of hydrogen-bond donors (Lipinski definition) is 1. The quantitative estimate of drug-likeness (QED) is 0.826. The number of nitrogens with zero attached hydrogens (tertiary/aromatic N) is 1. The highest BCUT2D eigenvalue weighted by molar-refractivity contribution is 5.81. The summed E-state index contributed by atoms with van der Waals surface area (Å²) in [5.74, 6) is 0.524. The van der Waals surface area contributed by atoms with Crippen LogP contribution in [0.5, 0.6) is 0 Å². The lowest BCUT2D eigenvalue weighted by atomic mass is 9.98. The fourth-order valence-corrected chi connectivity index (χ4v) is 1.79. The van der Waals surface area contributed by atoms with Gasteiger partial charge in [-0.25, -0.2) is 0 Å². The fraction of sp³-hybridized carbons (Fsp3) is 0.308. The van der Waals surface area contributed by atoms with Crippen molar-refractivity contribution >= 4 is 10.9 Å². The van der Waals surface area contributed by atoms with Crippen molar-refractivity contribution in [2.24, 2.45) is 11.7 Å². The molecular weight excluding hydrogens is 184 g/mol. The summed E-state index contributed by atoms with van der Waals surface area (Å²) < 4.78 is 0. The van der Waals surface area contributed by atoms with E-state index in [1.807, 2.05) is 18.3 Å². The van der Waals surface area contributed by atoms with Crippen molar-refractivity contribution in [3.63, 3.8) is 0 Å². The van der Waals surface area contributed by atoms with Crippen LogP contribution in [0.25, 0.3) is 10.9 Å². The molecule has 0 aliphatic heterocycles. The molecule has 0 fully saturated rings.